The predicted octanol–water partition coefficient (Wildman–Crippen LogP) is 3.52. The first-order valence-electron chi connectivity index (χ1n) is 11.2. The highest BCUT2D eigenvalue weighted by Crippen LogP contribution is 2.33. The molecule has 184 valence electrons. The van der Waals surface area contributed by atoms with E-state index in [1.807, 2.05) is 28.0 Å². The van der Waals surface area contributed by atoms with E-state index in [0.717, 1.165) is 5.56 Å². The summed E-state index contributed by atoms with van der Waals surface area (Å²) in [4.78, 5) is 23.6. The summed E-state index contributed by atoms with van der Waals surface area (Å²) in [5, 5.41) is 15.1. The second kappa shape index (κ2) is 10.9. The number of hydrogen-bond donors (Lipinski definition) is 1. The van der Waals surface area contributed by atoms with Crippen molar-refractivity contribution in [2.75, 3.05) is 62.1 Å². The topological polar surface area (TPSA) is 106 Å². The molecule has 10 nitrogen and oxygen atoms in total. The van der Waals surface area contributed by atoms with Crippen molar-refractivity contribution in [2.24, 2.45) is 0 Å². The average Bonchev–Trinajstić information content (AvgIpc) is 2.88. The van der Waals surface area contributed by atoms with E-state index < -0.39 is 4.92 Å². The molecule has 0 atom stereocenters. The Hall–Kier alpha value is -4.15. The molecule has 1 aliphatic heterocycles. The van der Waals surface area contributed by atoms with Gasteiger partial charge in [0.05, 0.1) is 24.8 Å². The van der Waals surface area contributed by atoms with Gasteiger partial charge in [-0.3, -0.25) is 10.1 Å². The van der Waals surface area contributed by atoms with Crippen LogP contribution in [0.4, 0.5) is 27.4 Å². The summed E-state index contributed by atoms with van der Waals surface area (Å²) in [6.07, 6.45) is 1.92. The van der Waals surface area contributed by atoms with Crippen LogP contribution in [-0.2, 0) is 6.42 Å². The molecule has 0 amide bonds. The van der Waals surface area contributed by atoms with Crippen LogP contribution in [0.25, 0.3) is 0 Å². The number of ether oxygens (including phenoxy) is 2. The van der Waals surface area contributed by atoms with E-state index in [-0.39, 0.29) is 23.1 Å². The molecule has 0 spiro atoms. The summed E-state index contributed by atoms with van der Waals surface area (Å²) < 4.78 is 24.7. The molecular weight excluding hydrogens is 455 g/mol. The lowest BCUT2D eigenvalue weighted by molar-refractivity contribution is -0.383. The first-order chi connectivity index (χ1) is 17.0. The second-order valence-electron chi connectivity index (χ2n) is 7.94. The van der Waals surface area contributed by atoms with Crippen LogP contribution in [0.15, 0.2) is 48.8 Å². The Kier molecular flexibility index (Phi) is 7.44. The van der Waals surface area contributed by atoms with Crippen LogP contribution in [0.5, 0.6) is 11.5 Å². The summed E-state index contributed by atoms with van der Waals surface area (Å²) in [5.41, 5.74) is 1.34. The zero-order valence-corrected chi connectivity index (χ0v) is 19.6. The van der Waals surface area contributed by atoms with E-state index in [1.54, 1.807) is 32.4 Å². The number of nitrogens with one attached hydrogen (secondary N) is 1. The Bertz CT molecular complexity index is 1190. The molecule has 0 aliphatic carbocycles. The standard InChI is InChI=1S/C24H27FN6O4/c1-34-20-8-7-17(15-21(20)35-2)9-10-26-23-22(31(32)33)24(28-16-27-23)30-13-11-29(12-14-30)19-6-4-3-5-18(19)25/h3-8,15-16H,9-14H2,1-2H3,(H,26,27,28). The molecule has 1 aromatic heterocycles. The normalized spacial score (nSPS) is 13.5. The molecule has 0 unspecified atom stereocenters. The molecule has 1 aliphatic rings. The molecule has 1 saturated heterocycles. The lowest BCUT2D eigenvalue weighted by Crippen LogP contribution is -2.47. The van der Waals surface area contributed by atoms with Gasteiger partial charge in [-0.1, -0.05) is 18.2 Å². The number of nitrogens with zero attached hydrogens (tertiary/aromatic N) is 5. The Morgan fingerprint density at radius 3 is 2.43 bits per heavy atom. The van der Waals surface area contributed by atoms with Gasteiger partial charge in [-0.25, -0.2) is 14.4 Å². The quantitative estimate of drug-likeness (QED) is 0.362. The molecule has 4 rings (SSSR count). The number of rotatable bonds is 9. The number of nitro groups is 1. The van der Waals surface area contributed by atoms with Crippen LogP contribution in [0.2, 0.25) is 0 Å². The molecule has 35 heavy (non-hydrogen) atoms. The molecule has 2 heterocycles. The van der Waals surface area contributed by atoms with Crippen molar-refractivity contribution < 1.29 is 18.8 Å². The zero-order chi connectivity index (χ0) is 24.8. The smallest absolute Gasteiger partial charge is 0.353 e. The lowest BCUT2D eigenvalue weighted by atomic mass is 10.1. The number of hydrogen-bond acceptors (Lipinski definition) is 9. The van der Waals surface area contributed by atoms with Gasteiger partial charge in [0.2, 0.25) is 11.6 Å². The third-order valence-electron chi connectivity index (χ3n) is 5.91. The first-order valence-corrected chi connectivity index (χ1v) is 11.2. The van der Waals surface area contributed by atoms with Crippen LogP contribution < -0.4 is 24.6 Å². The minimum atomic E-state index is -0.461. The minimum absolute atomic E-state index is 0.164. The number of methoxy groups -OCH3 is 2. The number of anilines is 3. The number of halogens is 1. The van der Waals surface area contributed by atoms with Gasteiger partial charge in [-0.2, -0.15) is 0 Å². The van der Waals surface area contributed by atoms with Crippen molar-refractivity contribution >= 4 is 23.0 Å². The second-order valence-corrected chi connectivity index (χ2v) is 7.94. The molecule has 3 aromatic rings. The summed E-state index contributed by atoms with van der Waals surface area (Å²) >= 11 is 0. The largest absolute Gasteiger partial charge is 0.493 e. The van der Waals surface area contributed by atoms with E-state index >= 15 is 0 Å². The fraction of sp³-hybridized carbons (Fsp3) is 0.333. The van der Waals surface area contributed by atoms with E-state index in [2.05, 4.69) is 15.3 Å². The average molecular weight is 483 g/mol. The molecule has 1 N–H and O–H groups in total. The predicted molar refractivity (Wildman–Crippen MR) is 131 cm³/mol. The molecule has 0 radical (unpaired) electrons. The van der Waals surface area contributed by atoms with Gasteiger partial charge in [0.15, 0.2) is 11.5 Å². The Morgan fingerprint density at radius 2 is 1.74 bits per heavy atom. The maximum absolute atomic E-state index is 14.2. The third kappa shape index (κ3) is 5.34. The summed E-state index contributed by atoms with van der Waals surface area (Å²) in [7, 11) is 3.15. The number of para-hydroxylation sites is 1. The van der Waals surface area contributed by atoms with Crippen LogP contribution >= 0.6 is 0 Å². The van der Waals surface area contributed by atoms with Gasteiger partial charge in [0.25, 0.3) is 0 Å². The van der Waals surface area contributed by atoms with Crippen LogP contribution in [0.3, 0.4) is 0 Å². The summed E-state index contributed by atoms with van der Waals surface area (Å²) in [5.74, 6) is 1.39. The van der Waals surface area contributed by atoms with E-state index in [9.17, 15) is 14.5 Å². The van der Waals surface area contributed by atoms with E-state index in [4.69, 9.17) is 9.47 Å². The van der Waals surface area contributed by atoms with Gasteiger partial charge >= 0.3 is 5.69 Å². The van der Waals surface area contributed by atoms with Crippen LogP contribution in [-0.4, -0.2) is 61.8 Å². The van der Waals surface area contributed by atoms with E-state index in [0.29, 0.717) is 56.3 Å². The van der Waals surface area contributed by atoms with Crippen molar-refractivity contribution in [1.29, 1.82) is 0 Å². The number of piperazine rings is 1. The SMILES string of the molecule is COc1ccc(CCNc2ncnc(N3CCN(c4ccccc4F)CC3)c2[N+](=O)[O-])cc1OC. The molecule has 0 bridgehead atoms. The van der Waals surface area contributed by atoms with Crippen molar-refractivity contribution in [3.63, 3.8) is 0 Å². The van der Waals surface area contributed by atoms with Gasteiger partial charge in [-0.15, -0.1) is 0 Å². The van der Waals surface area contributed by atoms with E-state index in [1.165, 1.54) is 12.4 Å². The highest BCUT2D eigenvalue weighted by atomic mass is 19.1. The van der Waals surface area contributed by atoms with Crippen molar-refractivity contribution in [1.82, 2.24) is 9.97 Å². The van der Waals surface area contributed by atoms with Crippen molar-refractivity contribution in [3.05, 3.63) is 70.3 Å². The molecule has 1 fully saturated rings. The number of aromatic nitrogens is 2. The molecule has 11 heteroatoms. The third-order valence-corrected chi connectivity index (χ3v) is 5.91. The van der Waals surface area contributed by atoms with Gasteiger partial charge in [-0.05, 0) is 36.2 Å². The fourth-order valence-corrected chi connectivity index (χ4v) is 4.13. The summed E-state index contributed by atoms with van der Waals surface area (Å²) in [6, 6.07) is 12.2. The highest BCUT2D eigenvalue weighted by molar-refractivity contribution is 5.70. The van der Waals surface area contributed by atoms with Gasteiger partial charge in [0, 0.05) is 32.7 Å². The Balaban J connectivity index is 1.45. The number of benzene rings is 2. The first kappa shape index (κ1) is 24.0. The minimum Gasteiger partial charge on any atom is -0.493 e. The van der Waals surface area contributed by atoms with Crippen molar-refractivity contribution in [3.8, 4) is 11.5 Å². The van der Waals surface area contributed by atoms with Crippen LogP contribution in [0.1, 0.15) is 5.56 Å². The summed E-state index contributed by atoms with van der Waals surface area (Å²) in [6.45, 7) is 2.40. The maximum atomic E-state index is 14.2. The monoisotopic (exact) mass is 482 g/mol. The lowest BCUT2D eigenvalue weighted by Gasteiger charge is -2.36. The van der Waals surface area contributed by atoms with Crippen LogP contribution in [0, 0.1) is 15.9 Å². The maximum Gasteiger partial charge on any atom is 0.353 e. The van der Waals surface area contributed by atoms with Gasteiger partial charge < -0.3 is 24.6 Å². The van der Waals surface area contributed by atoms with Gasteiger partial charge in [0.1, 0.15) is 12.1 Å². The Morgan fingerprint density at radius 1 is 1.03 bits per heavy atom. The fourth-order valence-electron chi connectivity index (χ4n) is 4.13. The van der Waals surface area contributed by atoms with Crippen molar-refractivity contribution in [2.45, 2.75) is 6.42 Å². The highest BCUT2D eigenvalue weighted by Gasteiger charge is 2.29. The molecule has 2 aromatic carbocycles. The molecule has 0 saturated carbocycles. The zero-order valence-electron chi connectivity index (χ0n) is 19.6. The molecular formula is C24H27FN6O4. The Labute approximate surface area is 202 Å².